The van der Waals surface area contributed by atoms with Crippen molar-refractivity contribution in [1.29, 1.82) is 0 Å². The maximum atomic E-state index is 12.8. The lowest BCUT2D eigenvalue weighted by atomic mass is 9.85. The highest BCUT2D eigenvalue weighted by atomic mass is 16.6. The predicted molar refractivity (Wildman–Crippen MR) is 101 cm³/mol. The van der Waals surface area contributed by atoms with Gasteiger partial charge in [-0.2, -0.15) is 0 Å². The molecule has 2 heterocycles. The Morgan fingerprint density at radius 2 is 1.85 bits per heavy atom. The first-order valence-corrected chi connectivity index (χ1v) is 9.06. The van der Waals surface area contributed by atoms with Crippen LogP contribution in [-0.4, -0.2) is 36.1 Å². The fourth-order valence-corrected chi connectivity index (χ4v) is 3.43. The van der Waals surface area contributed by atoms with Crippen LogP contribution in [0, 0.1) is 6.92 Å². The molecular formula is C21H24N2O3. The highest BCUT2D eigenvalue weighted by Crippen LogP contribution is 2.36. The summed E-state index contributed by atoms with van der Waals surface area (Å²) in [6.45, 7) is 6.85. The van der Waals surface area contributed by atoms with Crippen molar-refractivity contribution in [3.63, 3.8) is 0 Å². The van der Waals surface area contributed by atoms with Crippen LogP contribution < -0.4 is 14.8 Å². The second-order valence-electron chi connectivity index (χ2n) is 7.24. The molecule has 0 spiro atoms. The summed E-state index contributed by atoms with van der Waals surface area (Å²) in [6.07, 6.45) is 0.856. The molecule has 4 rings (SSSR count). The van der Waals surface area contributed by atoms with Crippen LogP contribution in [0.4, 0.5) is 5.69 Å². The van der Waals surface area contributed by atoms with Crippen molar-refractivity contribution in [3.05, 3.63) is 53.6 Å². The number of amides is 1. The average Bonchev–Trinajstić information content (AvgIpc) is 2.66. The van der Waals surface area contributed by atoms with E-state index < -0.39 is 5.54 Å². The van der Waals surface area contributed by atoms with E-state index in [2.05, 4.69) is 10.2 Å². The zero-order chi connectivity index (χ0) is 18.1. The highest BCUT2D eigenvalue weighted by Gasteiger charge is 2.46. The SMILES string of the molecule is Cc1ccc(NC(=O)C2(C)CCN2Cc2ccc3c(c2)OCCO3)cc1. The molecule has 1 atom stereocenters. The van der Waals surface area contributed by atoms with Gasteiger partial charge in [-0.05, 0) is 50.1 Å². The zero-order valence-corrected chi connectivity index (χ0v) is 15.2. The quantitative estimate of drug-likeness (QED) is 0.917. The molecule has 26 heavy (non-hydrogen) atoms. The molecule has 1 unspecified atom stereocenters. The number of carbonyl (C=O) groups is 1. The number of carbonyl (C=O) groups excluding carboxylic acids is 1. The van der Waals surface area contributed by atoms with Gasteiger partial charge in [-0.3, -0.25) is 9.69 Å². The molecule has 2 aromatic rings. The van der Waals surface area contributed by atoms with Gasteiger partial charge in [0.25, 0.3) is 0 Å². The number of nitrogens with zero attached hydrogens (tertiary/aromatic N) is 1. The first-order valence-electron chi connectivity index (χ1n) is 9.06. The monoisotopic (exact) mass is 352 g/mol. The van der Waals surface area contributed by atoms with Gasteiger partial charge in [0.05, 0.1) is 5.54 Å². The Morgan fingerprint density at radius 3 is 2.54 bits per heavy atom. The summed E-state index contributed by atoms with van der Waals surface area (Å²) in [5, 5.41) is 3.05. The lowest BCUT2D eigenvalue weighted by molar-refractivity contribution is -0.136. The van der Waals surface area contributed by atoms with Crippen LogP contribution in [0.15, 0.2) is 42.5 Å². The molecule has 0 radical (unpaired) electrons. The summed E-state index contributed by atoms with van der Waals surface area (Å²) in [7, 11) is 0. The van der Waals surface area contributed by atoms with E-state index in [9.17, 15) is 4.79 Å². The second kappa shape index (κ2) is 6.65. The van der Waals surface area contributed by atoms with Gasteiger partial charge >= 0.3 is 0 Å². The molecule has 136 valence electrons. The molecule has 2 aromatic carbocycles. The number of rotatable bonds is 4. The number of benzene rings is 2. The van der Waals surface area contributed by atoms with Crippen LogP contribution in [0.5, 0.6) is 11.5 Å². The molecule has 0 bridgehead atoms. The summed E-state index contributed by atoms with van der Waals surface area (Å²) in [6, 6.07) is 13.9. The Hall–Kier alpha value is -2.53. The van der Waals surface area contributed by atoms with Crippen LogP contribution in [0.1, 0.15) is 24.5 Å². The molecule has 5 heteroatoms. The third kappa shape index (κ3) is 3.15. The maximum absolute atomic E-state index is 12.8. The van der Waals surface area contributed by atoms with Gasteiger partial charge in [0.1, 0.15) is 13.2 Å². The molecule has 2 aliphatic heterocycles. The number of anilines is 1. The van der Waals surface area contributed by atoms with Crippen LogP contribution >= 0.6 is 0 Å². The zero-order valence-electron chi connectivity index (χ0n) is 15.2. The molecule has 0 aromatic heterocycles. The third-order valence-corrected chi connectivity index (χ3v) is 5.35. The van der Waals surface area contributed by atoms with E-state index in [1.54, 1.807) is 0 Å². The van der Waals surface area contributed by atoms with Gasteiger partial charge < -0.3 is 14.8 Å². The largest absolute Gasteiger partial charge is 0.486 e. The van der Waals surface area contributed by atoms with E-state index in [1.165, 1.54) is 5.56 Å². The number of fused-ring (bicyclic) bond motifs is 1. The highest BCUT2D eigenvalue weighted by molar-refractivity contribution is 5.98. The van der Waals surface area contributed by atoms with E-state index in [1.807, 2.05) is 56.3 Å². The van der Waals surface area contributed by atoms with Crippen LogP contribution in [0.3, 0.4) is 0 Å². The standard InChI is InChI=1S/C21H24N2O3/c1-15-3-6-17(7-4-15)22-20(24)21(2)9-10-23(21)14-16-5-8-18-19(13-16)26-12-11-25-18/h3-8,13H,9-12,14H2,1-2H3,(H,22,24). The summed E-state index contributed by atoms with van der Waals surface area (Å²) < 4.78 is 11.2. The van der Waals surface area contributed by atoms with Crippen molar-refractivity contribution in [2.75, 3.05) is 25.1 Å². The van der Waals surface area contributed by atoms with Crippen molar-refractivity contribution in [3.8, 4) is 11.5 Å². The van der Waals surface area contributed by atoms with Crippen LogP contribution in [0.25, 0.3) is 0 Å². The van der Waals surface area contributed by atoms with Crippen molar-refractivity contribution in [2.24, 2.45) is 0 Å². The van der Waals surface area contributed by atoms with E-state index in [4.69, 9.17) is 9.47 Å². The maximum Gasteiger partial charge on any atom is 0.244 e. The molecule has 1 saturated heterocycles. The topological polar surface area (TPSA) is 50.8 Å². The summed E-state index contributed by atoms with van der Waals surface area (Å²) in [5.74, 6) is 1.63. The lowest BCUT2D eigenvalue weighted by Gasteiger charge is -2.49. The third-order valence-electron chi connectivity index (χ3n) is 5.35. The minimum Gasteiger partial charge on any atom is -0.486 e. The molecule has 1 fully saturated rings. The summed E-state index contributed by atoms with van der Waals surface area (Å²) in [4.78, 5) is 15.0. The molecule has 0 saturated carbocycles. The summed E-state index contributed by atoms with van der Waals surface area (Å²) >= 11 is 0. The Kier molecular flexibility index (Phi) is 4.32. The minimum absolute atomic E-state index is 0.0464. The normalized spacial score (nSPS) is 21.8. The molecule has 0 aliphatic carbocycles. The average molecular weight is 352 g/mol. The fraction of sp³-hybridized carbons (Fsp3) is 0.381. The minimum atomic E-state index is -0.488. The van der Waals surface area contributed by atoms with E-state index in [0.29, 0.717) is 19.8 Å². The Balaban J connectivity index is 1.44. The van der Waals surface area contributed by atoms with Gasteiger partial charge in [-0.15, -0.1) is 0 Å². The van der Waals surface area contributed by atoms with E-state index in [-0.39, 0.29) is 5.91 Å². The molecule has 5 nitrogen and oxygen atoms in total. The van der Waals surface area contributed by atoms with E-state index >= 15 is 0 Å². The van der Waals surface area contributed by atoms with Gasteiger partial charge in [-0.1, -0.05) is 23.8 Å². The Labute approximate surface area is 153 Å². The smallest absolute Gasteiger partial charge is 0.244 e. The van der Waals surface area contributed by atoms with Crippen molar-refractivity contribution < 1.29 is 14.3 Å². The molecule has 1 amide bonds. The lowest BCUT2D eigenvalue weighted by Crippen LogP contribution is -2.63. The second-order valence-corrected chi connectivity index (χ2v) is 7.24. The number of ether oxygens (including phenoxy) is 2. The van der Waals surface area contributed by atoms with Crippen molar-refractivity contribution in [1.82, 2.24) is 4.90 Å². The molecular weight excluding hydrogens is 328 g/mol. The van der Waals surface area contributed by atoms with Gasteiger partial charge in [0, 0.05) is 18.8 Å². The van der Waals surface area contributed by atoms with Gasteiger partial charge in [-0.25, -0.2) is 0 Å². The van der Waals surface area contributed by atoms with Gasteiger partial charge in [0.15, 0.2) is 11.5 Å². The molecule has 1 N–H and O–H groups in total. The summed E-state index contributed by atoms with van der Waals surface area (Å²) in [5.41, 5.74) is 2.66. The van der Waals surface area contributed by atoms with Gasteiger partial charge in [0.2, 0.25) is 5.91 Å². The number of aryl methyl sites for hydroxylation is 1. The Bertz CT molecular complexity index is 819. The number of likely N-dealkylation sites (tertiary alicyclic amines) is 1. The number of nitrogens with one attached hydrogen (secondary N) is 1. The van der Waals surface area contributed by atoms with Crippen molar-refractivity contribution in [2.45, 2.75) is 32.4 Å². The first kappa shape index (κ1) is 16.9. The van der Waals surface area contributed by atoms with E-state index in [0.717, 1.165) is 35.7 Å². The molecule has 2 aliphatic rings. The fourth-order valence-electron chi connectivity index (χ4n) is 3.43. The van der Waals surface area contributed by atoms with Crippen LogP contribution in [0.2, 0.25) is 0 Å². The first-order chi connectivity index (χ1) is 12.5. The Morgan fingerprint density at radius 1 is 1.12 bits per heavy atom. The number of hydrogen-bond donors (Lipinski definition) is 1. The number of hydrogen-bond acceptors (Lipinski definition) is 4. The van der Waals surface area contributed by atoms with Crippen molar-refractivity contribution >= 4 is 11.6 Å². The van der Waals surface area contributed by atoms with Crippen LogP contribution in [-0.2, 0) is 11.3 Å². The predicted octanol–water partition coefficient (Wildman–Crippen LogP) is 3.37.